The SMILES string of the molecule is C/C=C(\S/C(=C\C)C(C)(C)I)C(C)(C)I. The van der Waals surface area contributed by atoms with Gasteiger partial charge in [-0.3, -0.25) is 0 Å². The molecule has 0 aliphatic heterocycles. The molecule has 0 rings (SSSR count). The van der Waals surface area contributed by atoms with Crippen LogP contribution in [0.25, 0.3) is 0 Å². The fraction of sp³-hybridized carbons (Fsp3) is 0.667. The topological polar surface area (TPSA) is 0 Å². The van der Waals surface area contributed by atoms with Gasteiger partial charge in [-0.15, -0.1) is 0 Å². The Labute approximate surface area is 126 Å². The predicted octanol–water partition coefficient (Wildman–Crippen LogP) is 5.95. The van der Waals surface area contributed by atoms with Crippen LogP contribution in [0.15, 0.2) is 22.0 Å². The van der Waals surface area contributed by atoms with Crippen LogP contribution in [0.1, 0.15) is 41.5 Å². The third-order valence-electron chi connectivity index (χ3n) is 1.92. The first-order valence-corrected chi connectivity index (χ1v) is 7.99. The molecule has 0 N–H and O–H groups in total. The Kier molecular flexibility index (Phi) is 6.82. The molecule has 0 aliphatic carbocycles. The molecule has 0 fully saturated rings. The van der Waals surface area contributed by atoms with Gasteiger partial charge in [0, 0.05) is 16.7 Å². The van der Waals surface area contributed by atoms with E-state index in [-0.39, 0.29) is 6.84 Å². The highest BCUT2D eigenvalue weighted by atomic mass is 127. The van der Waals surface area contributed by atoms with Crippen LogP contribution in [-0.2, 0) is 0 Å². The van der Waals surface area contributed by atoms with Crippen molar-refractivity contribution in [1.82, 2.24) is 0 Å². The molecule has 0 nitrogen and oxygen atoms in total. The average Bonchev–Trinajstić information content (AvgIpc) is 2.01. The fourth-order valence-corrected chi connectivity index (χ4v) is 3.41. The summed E-state index contributed by atoms with van der Waals surface area (Å²) in [6, 6.07) is 0. The first-order chi connectivity index (χ1) is 6.62. The summed E-state index contributed by atoms with van der Waals surface area (Å²) in [6.07, 6.45) is 4.45. The summed E-state index contributed by atoms with van der Waals surface area (Å²) in [5.41, 5.74) is 0. The molecule has 0 aromatic carbocycles. The number of rotatable bonds is 4. The molecule has 0 aromatic heterocycles. The van der Waals surface area contributed by atoms with Crippen molar-refractivity contribution in [1.29, 1.82) is 0 Å². The van der Waals surface area contributed by atoms with E-state index in [2.05, 4.69) is 98.9 Å². The molecule has 0 spiro atoms. The van der Waals surface area contributed by atoms with Crippen LogP contribution in [0, 0.1) is 0 Å². The molecule has 0 heterocycles. The van der Waals surface area contributed by atoms with Crippen LogP contribution in [0.5, 0.6) is 0 Å². The van der Waals surface area contributed by atoms with Gasteiger partial charge in [0.25, 0.3) is 0 Å². The van der Waals surface area contributed by atoms with Crippen molar-refractivity contribution < 1.29 is 0 Å². The first kappa shape index (κ1) is 16.3. The minimum absolute atomic E-state index is 0.216. The minimum Gasteiger partial charge on any atom is -0.0969 e. The summed E-state index contributed by atoms with van der Waals surface area (Å²) in [7, 11) is 0. The van der Waals surface area contributed by atoms with Gasteiger partial charge in [0.2, 0.25) is 0 Å². The Hall–Kier alpha value is 1.29. The molecule has 0 saturated heterocycles. The lowest BCUT2D eigenvalue weighted by Crippen LogP contribution is -2.15. The van der Waals surface area contributed by atoms with Crippen molar-refractivity contribution >= 4 is 56.9 Å². The average molecular weight is 450 g/mol. The van der Waals surface area contributed by atoms with Gasteiger partial charge in [-0.05, 0) is 41.5 Å². The van der Waals surface area contributed by atoms with Crippen molar-refractivity contribution in [3.8, 4) is 0 Å². The molecule has 0 saturated carbocycles. The number of halogens is 2. The van der Waals surface area contributed by atoms with Crippen molar-refractivity contribution in [3.63, 3.8) is 0 Å². The lowest BCUT2D eigenvalue weighted by atomic mass is 10.2. The second-order valence-electron chi connectivity index (χ2n) is 4.35. The maximum Gasteiger partial charge on any atom is 0.0473 e. The summed E-state index contributed by atoms with van der Waals surface area (Å²) in [6.45, 7) is 13.3. The molecule has 0 amide bonds. The first-order valence-electron chi connectivity index (χ1n) is 5.02. The largest absolute Gasteiger partial charge is 0.0969 e. The molecule has 0 atom stereocenters. The summed E-state index contributed by atoms with van der Waals surface area (Å²) in [4.78, 5) is 2.86. The zero-order valence-corrected chi connectivity index (χ0v) is 15.5. The molecule has 0 bridgehead atoms. The monoisotopic (exact) mass is 450 g/mol. The fourth-order valence-electron chi connectivity index (χ4n) is 1.17. The van der Waals surface area contributed by atoms with E-state index in [1.165, 1.54) is 9.81 Å². The summed E-state index contributed by atoms with van der Waals surface area (Å²) >= 11 is 6.91. The molecular weight excluding hydrogens is 430 g/mol. The highest BCUT2D eigenvalue weighted by Gasteiger charge is 2.25. The van der Waals surface area contributed by atoms with Gasteiger partial charge in [-0.2, -0.15) is 0 Å². The number of hydrogen-bond donors (Lipinski definition) is 0. The molecule has 0 radical (unpaired) electrons. The Morgan fingerprint density at radius 3 is 1.27 bits per heavy atom. The lowest BCUT2D eigenvalue weighted by Gasteiger charge is -2.26. The summed E-state index contributed by atoms with van der Waals surface area (Å²) in [5, 5.41) is 0. The Bertz CT molecular complexity index is 236. The van der Waals surface area contributed by atoms with Crippen molar-refractivity contribution in [2.24, 2.45) is 0 Å². The van der Waals surface area contributed by atoms with Gasteiger partial charge in [0.15, 0.2) is 0 Å². The summed E-state index contributed by atoms with van der Waals surface area (Å²) in [5.74, 6) is 0. The zero-order valence-electron chi connectivity index (χ0n) is 10.3. The second-order valence-corrected chi connectivity index (χ2v) is 10.8. The van der Waals surface area contributed by atoms with E-state index >= 15 is 0 Å². The molecular formula is C12H20I2S. The van der Waals surface area contributed by atoms with Crippen molar-refractivity contribution in [3.05, 3.63) is 22.0 Å². The quantitative estimate of drug-likeness (QED) is 0.377. The van der Waals surface area contributed by atoms with Gasteiger partial charge in [0.1, 0.15) is 0 Å². The van der Waals surface area contributed by atoms with E-state index < -0.39 is 0 Å². The second kappa shape index (κ2) is 6.28. The van der Waals surface area contributed by atoms with Gasteiger partial charge in [0.05, 0.1) is 0 Å². The lowest BCUT2D eigenvalue weighted by molar-refractivity contribution is 0.912. The Balaban J connectivity index is 4.87. The third kappa shape index (κ3) is 5.96. The Morgan fingerprint density at radius 2 is 1.13 bits per heavy atom. The molecule has 0 aliphatic rings. The van der Waals surface area contributed by atoms with E-state index in [0.29, 0.717) is 0 Å². The number of allylic oxidation sites excluding steroid dienone is 4. The zero-order chi connectivity index (χ0) is 12.3. The maximum absolute atomic E-state index is 2.50. The van der Waals surface area contributed by atoms with E-state index in [4.69, 9.17) is 0 Å². The molecule has 15 heavy (non-hydrogen) atoms. The van der Waals surface area contributed by atoms with E-state index in [1.807, 2.05) is 11.8 Å². The molecule has 0 unspecified atom stereocenters. The van der Waals surface area contributed by atoms with Gasteiger partial charge in [-0.1, -0.05) is 69.1 Å². The highest BCUT2D eigenvalue weighted by molar-refractivity contribution is 14.1. The smallest absolute Gasteiger partial charge is 0.0473 e. The van der Waals surface area contributed by atoms with Crippen LogP contribution in [-0.4, -0.2) is 6.84 Å². The number of hydrogen-bond acceptors (Lipinski definition) is 1. The maximum atomic E-state index is 2.50. The molecule has 0 aromatic rings. The van der Waals surface area contributed by atoms with Gasteiger partial charge >= 0.3 is 0 Å². The standard InChI is InChI=1S/C12H20I2S/c1-7-9(11(3,4)13)15-10(8-2)12(5,6)14/h7-8H,1-6H3/b9-7-,10-8-. The third-order valence-corrected chi connectivity index (χ3v) is 5.74. The van der Waals surface area contributed by atoms with Crippen LogP contribution in [0.4, 0.5) is 0 Å². The van der Waals surface area contributed by atoms with Crippen LogP contribution >= 0.6 is 56.9 Å². The summed E-state index contributed by atoms with van der Waals surface area (Å²) < 4.78 is 0.431. The molecule has 88 valence electrons. The predicted molar refractivity (Wildman–Crippen MR) is 91.3 cm³/mol. The van der Waals surface area contributed by atoms with Crippen molar-refractivity contribution in [2.45, 2.75) is 48.4 Å². The Morgan fingerprint density at radius 1 is 0.867 bits per heavy atom. The van der Waals surface area contributed by atoms with Gasteiger partial charge in [-0.25, -0.2) is 0 Å². The van der Waals surface area contributed by atoms with E-state index in [1.54, 1.807) is 0 Å². The van der Waals surface area contributed by atoms with Crippen LogP contribution in [0.2, 0.25) is 0 Å². The van der Waals surface area contributed by atoms with Crippen molar-refractivity contribution in [2.75, 3.05) is 0 Å². The van der Waals surface area contributed by atoms with E-state index in [9.17, 15) is 0 Å². The van der Waals surface area contributed by atoms with E-state index in [0.717, 1.165) is 0 Å². The normalized spacial score (nSPS) is 15.7. The van der Waals surface area contributed by atoms with Crippen LogP contribution in [0.3, 0.4) is 0 Å². The number of thioether (sulfide) groups is 1. The minimum atomic E-state index is 0.216. The highest BCUT2D eigenvalue weighted by Crippen LogP contribution is 2.44. The number of alkyl halides is 2. The molecule has 3 heteroatoms. The van der Waals surface area contributed by atoms with Gasteiger partial charge < -0.3 is 0 Å². The van der Waals surface area contributed by atoms with Crippen LogP contribution < -0.4 is 0 Å².